The van der Waals surface area contributed by atoms with Crippen LogP contribution in [0.1, 0.15) is 0 Å². The van der Waals surface area contributed by atoms with Crippen molar-refractivity contribution in [2.75, 3.05) is 26.3 Å². The molecule has 0 unspecified atom stereocenters. The van der Waals surface area contributed by atoms with Crippen molar-refractivity contribution in [3.63, 3.8) is 0 Å². The number of carboxylic acids is 1. The minimum Gasteiger partial charge on any atom is -0.475 e. The van der Waals surface area contributed by atoms with Crippen LogP contribution in [0.5, 0.6) is 0 Å². The number of hydrogen-bond acceptors (Lipinski definition) is 4. The van der Waals surface area contributed by atoms with Gasteiger partial charge in [0.2, 0.25) is 0 Å². The van der Waals surface area contributed by atoms with Gasteiger partial charge in [0.05, 0.1) is 13.2 Å². The number of morpholine rings is 1. The molecular formula is C6H11F3N2O3. The number of hydrazine groups is 1. The molecule has 3 N–H and O–H groups in total. The number of nitrogens with zero attached hydrogens (tertiary/aromatic N) is 1. The molecule has 0 aliphatic carbocycles. The number of halogens is 3. The Morgan fingerprint density at radius 3 is 1.86 bits per heavy atom. The summed E-state index contributed by atoms with van der Waals surface area (Å²) in [6.45, 7) is 3.33. The van der Waals surface area contributed by atoms with Crippen molar-refractivity contribution < 1.29 is 27.8 Å². The molecule has 1 saturated heterocycles. The lowest BCUT2D eigenvalue weighted by Gasteiger charge is -2.20. The van der Waals surface area contributed by atoms with E-state index in [1.165, 1.54) is 0 Å². The van der Waals surface area contributed by atoms with E-state index in [9.17, 15) is 13.2 Å². The highest BCUT2D eigenvalue weighted by atomic mass is 19.4. The van der Waals surface area contributed by atoms with E-state index in [0.717, 1.165) is 26.3 Å². The molecule has 1 fully saturated rings. The van der Waals surface area contributed by atoms with Crippen molar-refractivity contribution in [2.45, 2.75) is 6.18 Å². The third-order valence-corrected chi connectivity index (χ3v) is 1.29. The number of nitrogens with two attached hydrogens (primary N) is 1. The van der Waals surface area contributed by atoms with E-state index in [1.54, 1.807) is 5.01 Å². The summed E-state index contributed by atoms with van der Waals surface area (Å²) in [5.74, 6) is 2.63. The molecule has 0 radical (unpaired) electrons. The van der Waals surface area contributed by atoms with Crippen molar-refractivity contribution in [3.8, 4) is 0 Å². The molecule has 8 heteroatoms. The van der Waals surface area contributed by atoms with Gasteiger partial charge in [0.1, 0.15) is 0 Å². The molecule has 0 aromatic carbocycles. The van der Waals surface area contributed by atoms with E-state index in [2.05, 4.69) is 0 Å². The van der Waals surface area contributed by atoms with Gasteiger partial charge < -0.3 is 9.84 Å². The lowest BCUT2D eigenvalue weighted by Crippen LogP contribution is -2.41. The molecule has 0 spiro atoms. The van der Waals surface area contributed by atoms with Gasteiger partial charge in [-0.1, -0.05) is 0 Å². The van der Waals surface area contributed by atoms with Gasteiger partial charge in [-0.2, -0.15) is 13.2 Å². The van der Waals surface area contributed by atoms with Crippen LogP contribution >= 0.6 is 0 Å². The SMILES string of the molecule is NN1CCOCC1.O=C(O)C(F)(F)F. The number of ether oxygens (including phenoxy) is 1. The van der Waals surface area contributed by atoms with Gasteiger partial charge in [0.15, 0.2) is 0 Å². The number of rotatable bonds is 0. The molecule has 1 rings (SSSR count). The predicted molar refractivity (Wildman–Crippen MR) is 40.3 cm³/mol. The zero-order valence-electron chi connectivity index (χ0n) is 7.25. The fourth-order valence-electron chi connectivity index (χ4n) is 0.577. The van der Waals surface area contributed by atoms with Gasteiger partial charge in [0, 0.05) is 13.1 Å². The van der Waals surface area contributed by atoms with E-state index in [1.807, 2.05) is 0 Å². The maximum Gasteiger partial charge on any atom is 0.490 e. The number of hydrogen-bond donors (Lipinski definition) is 2. The van der Waals surface area contributed by atoms with Crippen LogP contribution in [0.3, 0.4) is 0 Å². The van der Waals surface area contributed by atoms with E-state index >= 15 is 0 Å². The van der Waals surface area contributed by atoms with Gasteiger partial charge in [-0.3, -0.25) is 5.84 Å². The van der Waals surface area contributed by atoms with Crippen LogP contribution in [0.15, 0.2) is 0 Å². The normalized spacial score (nSPS) is 18.3. The molecule has 1 aliphatic heterocycles. The largest absolute Gasteiger partial charge is 0.490 e. The van der Waals surface area contributed by atoms with E-state index < -0.39 is 12.1 Å². The first-order valence-corrected chi connectivity index (χ1v) is 3.71. The smallest absolute Gasteiger partial charge is 0.475 e. The topological polar surface area (TPSA) is 75.8 Å². The van der Waals surface area contributed by atoms with Crippen LogP contribution in [0.4, 0.5) is 13.2 Å². The zero-order chi connectivity index (χ0) is 11.2. The Balaban J connectivity index is 0.000000241. The first-order valence-electron chi connectivity index (χ1n) is 3.71. The molecule has 5 nitrogen and oxygen atoms in total. The molecule has 0 bridgehead atoms. The van der Waals surface area contributed by atoms with E-state index in [-0.39, 0.29) is 0 Å². The Hall–Kier alpha value is -0.860. The third-order valence-electron chi connectivity index (χ3n) is 1.29. The fraction of sp³-hybridized carbons (Fsp3) is 0.833. The zero-order valence-corrected chi connectivity index (χ0v) is 7.25. The van der Waals surface area contributed by atoms with E-state index in [4.69, 9.17) is 20.5 Å². The number of carbonyl (C=O) groups is 1. The van der Waals surface area contributed by atoms with Crippen molar-refractivity contribution in [2.24, 2.45) is 5.84 Å². The average molecular weight is 216 g/mol. The van der Waals surface area contributed by atoms with Crippen molar-refractivity contribution in [3.05, 3.63) is 0 Å². The Morgan fingerprint density at radius 2 is 1.71 bits per heavy atom. The summed E-state index contributed by atoms with van der Waals surface area (Å²) in [6.07, 6.45) is -5.08. The maximum absolute atomic E-state index is 10.6. The first-order chi connectivity index (χ1) is 6.34. The highest BCUT2D eigenvalue weighted by Gasteiger charge is 2.38. The number of carboxylic acid groups (broad SMARTS) is 1. The van der Waals surface area contributed by atoms with Gasteiger partial charge in [-0.25, -0.2) is 9.80 Å². The molecule has 0 amide bonds. The Labute approximate surface area is 78.2 Å². The summed E-state index contributed by atoms with van der Waals surface area (Å²) < 4.78 is 36.8. The van der Waals surface area contributed by atoms with Gasteiger partial charge in [0.25, 0.3) is 0 Å². The molecule has 1 heterocycles. The summed E-state index contributed by atoms with van der Waals surface area (Å²) >= 11 is 0. The Kier molecular flexibility index (Phi) is 5.43. The maximum atomic E-state index is 10.6. The monoisotopic (exact) mass is 216 g/mol. The standard InChI is InChI=1S/C4H10N2O.C2HF3O2/c5-6-1-3-7-4-2-6;3-2(4,5)1(6)7/h1-5H2;(H,6,7). The molecule has 0 aromatic heterocycles. The molecule has 0 aromatic rings. The predicted octanol–water partition coefficient (Wildman–Crippen LogP) is -0.174. The Bertz CT molecular complexity index is 180. The van der Waals surface area contributed by atoms with Gasteiger partial charge >= 0.3 is 12.1 Å². The summed E-state index contributed by atoms with van der Waals surface area (Å²) in [7, 11) is 0. The molecular weight excluding hydrogens is 205 g/mol. The second kappa shape index (κ2) is 5.78. The molecule has 0 atom stereocenters. The second-order valence-corrected chi connectivity index (χ2v) is 2.45. The number of alkyl halides is 3. The molecule has 0 saturated carbocycles. The van der Waals surface area contributed by atoms with Crippen LogP contribution in [-0.4, -0.2) is 48.6 Å². The van der Waals surface area contributed by atoms with E-state index in [0.29, 0.717) is 0 Å². The second-order valence-electron chi connectivity index (χ2n) is 2.45. The summed E-state index contributed by atoms with van der Waals surface area (Å²) in [6, 6.07) is 0. The Morgan fingerprint density at radius 1 is 1.36 bits per heavy atom. The summed E-state index contributed by atoms with van der Waals surface area (Å²) in [4.78, 5) is 8.90. The first kappa shape index (κ1) is 13.1. The fourth-order valence-corrected chi connectivity index (χ4v) is 0.577. The van der Waals surface area contributed by atoms with Crippen molar-refractivity contribution in [1.29, 1.82) is 0 Å². The van der Waals surface area contributed by atoms with Crippen LogP contribution < -0.4 is 5.84 Å². The number of aliphatic carboxylic acids is 1. The average Bonchev–Trinajstić information content (AvgIpc) is 2.04. The van der Waals surface area contributed by atoms with Gasteiger partial charge in [-0.15, -0.1) is 0 Å². The summed E-state index contributed by atoms with van der Waals surface area (Å²) in [5, 5.41) is 8.89. The van der Waals surface area contributed by atoms with Crippen molar-refractivity contribution in [1.82, 2.24) is 5.01 Å². The minimum absolute atomic E-state index is 0.788. The molecule has 14 heavy (non-hydrogen) atoms. The van der Waals surface area contributed by atoms with Crippen LogP contribution in [-0.2, 0) is 9.53 Å². The molecule has 1 aliphatic rings. The minimum atomic E-state index is -5.08. The van der Waals surface area contributed by atoms with Crippen LogP contribution in [0.2, 0.25) is 0 Å². The van der Waals surface area contributed by atoms with Crippen LogP contribution in [0, 0.1) is 0 Å². The third kappa shape index (κ3) is 6.63. The lowest BCUT2D eigenvalue weighted by atomic mass is 10.5. The van der Waals surface area contributed by atoms with Gasteiger partial charge in [-0.05, 0) is 0 Å². The quantitative estimate of drug-likeness (QED) is 0.549. The van der Waals surface area contributed by atoms with Crippen LogP contribution in [0.25, 0.3) is 0 Å². The molecule has 84 valence electrons. The van der Waals surface area contributed by atoms with Crippen molar-refractivity contribution >= 4 is 5.97 Å². The summed E-state index contributed by atoms with van der Waals surface area (Å²) in [5.41, 5.74) is 0. The highest BCUT2D eigenvalue weighted by Crippen LogP contribution is 2.13. The lowest BCUT2D eigenvalue weighted by molar-refractivity contribution is -0.192. The highest BCUT2D eigenvalue weighted by molar-refractivity contribution is 5.73.